The Morgan fingerprint density at radius 3 is 2.34 bits per heavy atom. The average Bonchev–Trinajstić information content (AvgIpc) is 3.98. The van der Waals surface area contributed by atoms with Crippen LogP contribution >= 0.6 is 0 Å². The summed E-state index contributed by atoms with van der Waals surface area (Å²) in [5.74, 6) is 1.17. The second-order valence-electron chi connectivity index (χ2n) is 23.7. The number of aromatic amines is 1. The number of H-pyrrole nitrogens is 1. The van der Waals surface area contributed by atoms with E-state index in [-0.39, 0.29) is 64.2 Å². The first-order valence-corrected chi connectivity index (χ1v) is 29.4. The van der Waals surface area contributed by atoms with Crippen LogP contribution in [0.25, 0.3) is 10.9 Å². The normalized spacial score (nSPS) is 20.3. The molecule has 4 aliphatic heterocycles. The van der Waals surface area contributed by atoms with Gasteiger partial charge in [-0.3, -0.25) is 34.4 Å². The van der Waals surface area contributed by atoms with Gasteiger partial charge in [0.1, 0.15) is 34.4 Å². The number of anilines is 4. The number of sulfone groups is 1. The highest BCUT2D eigenvalue weighted by atomic mass is 32.2. The number of nitrogens with one attached hydrogen (secondary N) is 3. The molecule has 3 atom stereocenters. The third-order valence-electron chi connectivity index (χ3n) is 16.3. The molecule has 10 rings (SSSR count). The van der Waals surface area contributed by atoms with Gasteiger partial charge in [-0.1, -0.05) is 26.0 Å². The summed E-state index contributed by atoms with van der Waals surface area (Å²) in [5, 5.41) is 14.7. The van der Waals surface area contributed by atoms with Crippen molar-refractivity contribution in [3.8, 4) is 5.75 Å². The monoisotopic (exact) mass is 1110 g/mol. The maximum Gasteiger partial charge on any atom is 0.291 e. The van der Waals surface area contributed by atoms with Gasteiger partial charge in [0.15, 0.2) is 9.84 Å². The molecule has 4 aliphatic rings. The average molecular weight is 1110 g/mol. The van der Waals surface area contributed by atoms with E-state index >= 15 is 0 Å². The minimum absolute atomic E-state index is 0.0513. The van der Waals surface area contributed by atoms with Crippen molar-refractivity contribution in [3.63, 3.8) is 0 Å². The van der Waals surface area contributed by atoms with Crippen LogP contribution in [0.5, 0.6) is 5.75 Å². The van der Waals surface area contributed by atoms with Gasteiger partial charge in [0, 0.05) is 125 Å². The van der Waals surface area contributed by atoms with Crippen LogP contribution in [-0.4, -0.2) is 190 Å². The zero-order chi connectivity index (χ0) is 56.7. The first-order chi connectivity index (χ1) is 38.1. The van der Waals surface area contributed by atoms with Gasteiger partial charge in [0.25, 0.3) is 5.91 Å². The Hall–Kier alpha value is -6.72. The second-order valence-corrected chi connectivity index (χ2v) is 26.4. The lowest BCUT2D eigenvalue weighted by molar-refractivity contribution is -0.121. The SMILES string of the molecule is Cc1n[nH]c(Nc2ncnc3cc(OCCCN4CCN(c5cnc(C(=O)N6CCN(C[C@H]7CN[C@H](C)CN7CC(=O)N7CC(C)(C)c8ncc(Cc9ccc(F)cc9)cc87)[C@H](C)C6)nc5)CC4)c(S(=O)(=O)C(C)(C)C)cc23)c1C. The molecule has 8 heterocycles. The fraction of sp³-hybridized carbons (Fsp3) is 0.517. The number of rotatable bonds is 16. The van der Waals surface area contributed by atoms with Crippen LogP contribution in [0.2, 0.25) is 0 Å². The number of carbonyl (C=O) groups is 2. The molecule has 0 spiro atoms. The van der Waals surface area contributed by atoms with Crippen LogP contribution in [0.3, 0.4) is 0 Å². The molecule has 0 unspecified atom stereocenters. The summed E-state index contributed by atoms with van der Waals surface area (Å²) in [5.41, 5.74) is 6.62. The Morgan fingerprint density at radius 1 is 0.887 bits per heavy atom. The molecule has 0 bridgehead atoms. The summed E-state index contributed by atoms with van der Waals surface area (Å²) in [6.07, 6.45) is 8.09. The number of aromatic nitrogens is 7. The predicted octanol–water partition coefficient (Wildman–Crippen LogP) is 5.92. The minimum atomic E-state index is -3.82. The number of hydrogen-bond donors (Lipinski definition) is 3. The summed E-state index contributed by atoms with van der Waals surface area (Å²) in [6.45, 7) is 26.5. The quantitative estimate of drug-likeness (QED) is 0.0959. The van der Waals surface area contributed by atoms with Gasteiger partial charge in [0.05, 0.1) is 58.6 Å². The minimum Gasteiger partial charge on any atom is -0.492 e. The highest BCUT2D eigenvalue weighted by molar-refractivity contribution is 7.92. The molecule has 3 saturated heterocycles. The number of fused-ring (bicyclic) bond motifs is 2. The van der Waals surface area contributed by atoms with E-state index in [1.54, 1.807) is 57.4 Å². The number of pyridine rings is 1. The van der Waals surface area contributed by atoms with Crippen LogP contribution in [-0.2, 0) is 26.5 Å². The second kappa shape index (κ2) is 23.0. The van der Waals surface area contributed by atoms with Gasteiger partial charge in [-0.2, -0.15) is 5.10 Å². The van der Waals surface area contributed by atoms with Crippen molar-refractivity contribution in [1.29, 1.82) is 0 Å². The number of halogens is 1. The molecule has 3 fully saturated rings. The van der Waals surface area contributed by atoms with Crippen LogP contribution in [0.1, 0.15) is 93.6 Å². The first kappa shape index (κ1) is 56.6. The molecule has 20 nitrogen and oxygen atoms in total. The van der Waals surface area contributed by atoms with Crippen molar-refractivity contribution in [2.24, 2.45) is 0 Å². The Labute approximate surface area is 468 Å². The maximum atomic E-state index is 14.4. The van der Waals surface area contributed by atoms with E-state index in [1.165, 1.54) is 18.5 Å². The van der Waals surface area contributed by atoms with Crippen molar-refractivity contribution in [2.45, 2.75) is 108 Å². The van der Waals surface area contributed by atoms with Gasteiger partial charge in [-0.05, 0) is 96.7 Å². The standard InChI is InChI=1S/C58H76FN15O5S/c1-37-31-73(34-51(75)74-35-58(8,9)52-48(74)24-42(27-61-52)23-41-11-13-43(59)14-12-41)45(30-60-37)33-71-20-21-72(32-38(71)2)56(76)55-62-28-44(29-63-55)70-18-16-69(17-19-70)15-10-22-79-49-26-47-46(25-50(49)80(77,78)57(5,6)7)54(65-36-64-47)66-53-39(3)40(4)67-68-53/h11-14,24-29,36-38,45,60H,10,15-23,30-35H2,1-9H3,(H2,64,65,66,67,68)/t37-,38-,45-/m1/s1. The number of piperazine rings is 3. The Balaban J connectivity index is 0.692. The summed E-state index contributed by atoms with van der Waals surface area (Å²) < 4.78 is 46.8. The van der Waals surface area contributed by atoms with Crippen molar-refractivity contribution >= 4 is 55.6 Å². The molecule has 2 amide bonds. The summed E-state index contributed by atoms with van der Waals surface area (Å²) >= 11 is 0. The summed E-state index contributed by atoms with van der Waals surface area (Å²) in [4.78, 5) is 64.3. The van der Waals surface area contributed by atoms with Gasteiger partial charge in [0.2, 0.25) is 11.7 Å². The zero-order valence-electron chi connectivity index (χ0n) is 47.6. The highest BCUT2D eigenvalue weighted by Crippen LogP contribution is 2.41. The third-order valence-corrected chi connectivity index (χ3v) is 18.8. The number of carbonyl (C=O) groups excluding carboxylic acids is 2. The van der Waals surface area contributed by atoms with Gasteiger partial charge in [-0.25, -0.2) is 32.7 Å². The van der Waals surface area contributed by atoms with Crippen LogP contribution < -0.4 is 25.2 Å². The summed E-state index contributed by atoms with van der Waals surface area (Å²) in [7, 11) is -3.82. The van der Waals surface area contributed by atoms with E-state index in [4.69, 9.17) is 9.72 Å². The number of benzene rings is 2. The number of hydrogen-bond acceptors (Lipinski definition) is 17. The molecule has 22 heteroatoms. The van der Waals surface area contributed by atoms with Crippen LogP contribution in [0.15, 0.2) is 72.3 Å². The molecule has 426 valence electrons. The van der Waals surface area contributed by atoms with Gasteiger partial charge >= 0.3 is 0 Å². The molecule has 2 aromatic carbocycles. The smallest absolute Gasteiger partial charge is 0.291 e. The lowest BCUT2D eigenvalue weighted by atomic mass is 9.91. The van der Waals surface area contributed by atoms with E-state index < -0.39 is 14.6 Å². The number of amides is 2. The molecule has 3 N–H and O–H groups in total. The first-order valence-electron chi connectivity index (χ1n) is 27.9. The molecule has 0 aliphatic carbocycles. The van der Waals surface area contributed by atoms with Gasteiger partial charge < -0.3 is 30.1 Å². The lowest BCUT2D eigenvalue weighted by Gasteiger charge is -2.45. The Kier molecular flexibility index (Phi) is 16.3. The Morgan fingerprint density at radius 2 is 1.64 bits per heavy atom. The third kappa shape index (κ3) is 12.1. The van der Waals surface area contributed by atoms with Gasteiger partial charge in [-0.15, -0.1) is 0 Å². The van der Waals surface area contributed by atoms with E-state index in [0.29, 0.717) is 68.2 Å². The topological polar surface area (TPSA) is 214 Å². The molecule has 80 heavy (non-hydrogen) atoms. The number of aryl methyl sites for hydroxylation is 1. The highest BCUT2D eigenvalue weighted by Gasteiger charge is 2.42. The molecule has 4 aromatic heterocycles. The molecular weight excluding hydrogens is 1040 g/mol. The lowest BCUT2D eigenvalue weighted by Crippen LogP contribution is -2.63. The van der Waals surface area contributed by atoms with E-state index in [2.05, 4.69) is 94.1 Å². The van der Waals surface area contributed by atoms with E-state index in [0.717, 1.165) is 91.8 Å². The maximum absolute atomic E-state index is 14.4. The molecule has 6 aromatic rings. The van der Waals surface area contributed by atoms with Crippen molar-refractivity contribution in [2.75, 3.05) is 107 Å². The number of nitrogens with zero attached hydrogens (tertiary/aromatic N) is 12. The van der Waals surface area contributed by atoms with Crippen LogP contribution in [0, 0.1) is 19.7 Å². The fourth-order valence-electron chi connectivity index (χ4n) is 11.3. The predicted molar refractivity (Wildman–Crippen MR) is 307 cm³/mol. The van der Waals surface area contributed by atoms with E-state index in [9.17, 15) is 22.4 Å². The fourth-order valence-corrected chi connectivity index (χ4v) is 12.6. The summed E-state index contributed by atoms with van der Waals surface area (Å²) in [6, 6.07) is 12.3. The molecular formula is C58H76FN15O5S. The van der Waals surface area contributed by atoms with E-state index in [1.807, 2.05) is 29.8 Å². The van der Waals surface area contributed by atoms with Crippen molar-refractivity contribution in [1.82, 2.24) is 60.0 Å². The molecule has 0 radical (unpaired) electrons. The van der Waals surface area contributed by atoms with Crippen molar-refractivity contribution in [3.05, 3.63) is 107 Å². The largest absolute Gasteiger partial charge is 0.492 e. The Bertz CT molecular complexity index is 3330. The number of ether oxygens (including phenoxy) is 1. The van der Waals surface area contributed by atoms with Crippen LogP contribution in [0.4, 0.5) is 27.4 Å². The van der Waals surface area contributed by atoms with Crippen molar-refractivity contribution < 1.29 is 27.1 Å². The molecule has 0 saturated carbocycles. The zero-order valence-corrected chi connectivity index (χ0v) is 48.4.